The molecule has 1 unspecified atom stereocenters. The number of carbonyl (C=O) groups is 1. The largest absolute Gasteiger partial charge is 0.355 e. The number of likely N-dealkylation sites (N-methyl/N-ethyl adjacent to an activating group) is 1. The maximum Gasteiger partial charge on any atom is 0.220 e. The molecule has 1 heterocycles. The summed E-state index contributed by atoms with van der Waals surface area (Å²) in [6, 6.07) is 10.9. The molecule has 0 spiro atoms. The van der Waals surface area contributed by atoms with Crippen molar-refractivity contribution in [1.29, 1.82) is 0 Å². The molecule has 0 aromatic heterocycles. The predicted octanol–water partition coefficient (Wildman–Crippen LogP) is 2.84. The molecule has 0 saturated carbocycles. The number of rotatable bonds is 10. The number of nitrogens with one attached hydrogen (secondary N) is 2. The van der Waals surface area contributed by atoms with Crippen LogP contribution in [0.25, 0.3) is 0 Å². The average molecular weight is 346 g/mol. The molecule has 0 radical (unpaired) electrons. The third-order valence-electron chi connectivity index (χ3n) is 5.42. The lowest BCUT2D eigenvalue weighted by atomic mass is 9.93. The second-order valence-electron chi connectivity index (χ2n) is 7.10. The number of nitrogens with zero attached hydrogens (tertiary/aromatic N) is 1. The molecular weight excluding hydrogens is 310 g/mol. The Labute approximate surface area is 153 Å². The first kappa shape index (κ1) is 19.9. The van der Waals surface area contributed by atoms with E-state index in [-0.39, 0.29) is 5.91 Å². The maximum absolute atomic E-state index is 12.3. The predicted molar refractivity (Wildman–Crippen MR) is 105 cm³/mol. The monoisotopic (exact) mass is 345 g/mol. The number of carbonyl (C=O) groups excluding carboxylic acids is 1. The highest BCUT2D eigenvalue weighted by Crippen LogP contribution is 2.17. The van der Waals surface area contributed by atoms with Gasteiger partial charge in [-0.3, -0.25) is 9.69 Å². The first-order chi connectivity index (χ1) is 12.2. The van der Waals surface area contributed by atoms with Crippen LogP contribution in [-0.4, -0.2) is 49.6 Å². The minimum absolute atomic E-state index is 0.212. The van der Waals surface area contributed by atoms with Crippen molar-refractivity contribution >= 4 is 5.91 Å². The Morgan fingerprint density at radius 1 is 1.20 bits per heavy atom. The zero-order chi connectivity index (χ0) is 17.9. The number of hydrogen-bond acceptors (Lipinski definition) is 3. The van der Waals surface area contributed by atoms with Gasteiger partial charge in [-0.1, -0.05) is 44.2 Å². The molecule has 25 heavy (non-hydrogen) atoms. The van der Waals surface area contributed by atoms with E-state index in [1.165, 1.54) is 18.4 Å². The van der Waals surface area contributed by atoms with Crippen LogP contribution in [0.15, 0.2) is 30.3 Å². The van der Waals surface area contributed by atoms with E-state index in [2.05, 4.69) is 59.7 Å². The Hall–Kier alpha value is -1.39. The van der Waals surface area contributed by atoms with Crippen LogP contribution in [-0.2, 0) is 11.2 Å². The molecule has 4 nitrogen and oxygen atoms in total. The van der Waals surface area contributed by atoms with Gasteiger partial charge in [0.2, 0.25) is 5.91 Å². The average Bonchev–Trinajstić information content (AvgIpc) is 2.67. The molecule has 2 N–H and O–H groups in total. The minimum atomic E-state index is 0.212. The van der Waals surface area contributed by atoms with E-state index in [9.17, 15) is 4.79 Å². The van der Waals surface area contributed by atoms with E-state index in [1.807, 2.05) is 0 Å². The lowest BCUT2D eigenvalue weighted by Gasteiger charge is -2.30. The second-order valence-corrected chi connectivity index (χ2v) is 7.10. The second kappa shape index (κ2) is 11.3. The lowest BCUT2D eigenvalue weighted by molar-refractivity contribution is -0.121. The smallest absolute Gasteiger partial charge is 0.220 e. The SMILES string of the molecule is CCN(CC)C(CNC(=O)CCC1CCNCC1)Cc1ccccc1. The van der Waals surface area contributed by atoms with Crippen LogP contribution >= 0.6 is 0 Å². The fourth-order valence-electron chi connectivity index (χ4n) is 3.78. The molecule has 1 aromatic rings. The molecule has 1 amide bonds. The molecule has 1 atom stereocenters. The van der Waals surface area contributed by atoms with Gasteiger partial charge in [0.25, 0.3) is 0 Å². The standard InChI is InChI=1S/C21H35N3O/c1-3-24(4-2)20(16-19-8-6-5-7-9-19)17-23-21(25)11-10-18-12-14-22-15-13-18/h5-9,18,20,22H,3-4,10-17H2,1-2H3,(H,23,25). The highest BCUT2D eigenvalue weighted by molar-refractivity contribution is 5.75. The third-order valence-corrected chi connectivity index (χ3v) is 5.42. The Morgan fingerprint density at radius 2 is 1.88 bits per heavy atom. The van der Waals surface area contributed by atoms with Gasteiger partial charge in [-0.25, -0.2) is 0 Å². The summed E-state index contributed by atoms with van der Waals surface area (Å²) in [7, 11) is 0. The first-order valence-electron chi connectivity index (χ1n) is 9.98. The molecule has 1 saturated heterocycles. The molecule has 1 fully saturated rings. The van der Waals surface area contributed by atoms with Gasteiger partial charge in [0.05, 0.1) is 0 Å². The molecule has 1 aromatic carbocycles. The molecule has 0 bridgehead atoms. The zero-order valence-corrected chi connectivity index (χ0v) is 16.0. The van der Waals surface area contributed by atoms with Crippen molar-refractivity contribution in [2.45, 2.75) is 52.0 Å². The Bertz CT molecular complexity index is 481. The van der Waals surface area contributed by atoms with Crippen LogP contribution < -0.4 is 10.6 Å². The van der Waals surface area contributed by atoms with Gasteiger partial charge in [-0.05, 0) is 63.3 Å². The van der Waals surface area contributed by atoms with Crippen LogP contribution in [0.1, 0.15) is 45.1 Å². The van der Waals surface area contributed by atoms with Crippen molar-refractivity contribution in [3.8, 4) is 0 Å². The quantitative estimate of drug-likeness (QED) is 0.685. The summed E-state index contributed by atoms with van der Waals surface area (Å²) in [6.07, 6.45) is 5.10. The first-order valence-corrected chi connectivity index (χ1v) is 9.98. The third kappa shape index (κ3) is 7.17. The van der Waals surface area contributed by atoms with Gasteiger partial charge in [0.1, 0.15) is 0 Å². The van der Waals surface area contributed by atoms with Gasteiger partial charge in [0.15, 0.2) is 0 Å². The molecule has 140 valence electrons. The molecular formula is C21H35N3O. The number of piperidine rings is 1. The normalized spacial score (nSPS) is 16.8. The zero-order valence-electron chi connectivity index (χ0n) is 16.0. The van der Waals surface area contributed by atoms with E-state index < -0.39 is 0 Å². The van der Waals surface area contributed by atoms with Gasteiger partial charge in [-0.2, -0.15) is 0 Å². The van der Waals surface area contributed by atoms with Crippen LogP contribution in [0.5, 0.6) is 0 Å². The summed E-state index contributed by atoms with van der Waals surface area (Å²) < 4.78 is 0. The molecule has 4 heteroatoms. The van der Waals surface area contributed by atoms with Crippen LogP contribution in [0.3, 0.4) is 0 Å². The lowest BCUT2D eigenvalue weighted by Crippen LogP contribution is -2.45. The topological polar surface area (TPSA) is 44.4 Å². The molecule has 2 rings (SSSR count). The number of hydrogen-bond donors (Lipinski definition) is 2. The van der Waals surface area contributed by atoms with Crippen LogP contribution in [0, 0.1) is 5.92 Å². The molecule has 1 aliphatic heterocycles. The minimum Gasteiger partial charge on any atom is -0.355 e. The Morgan fingerprint density at radius 3 is 2.52 bits per heavy atom. The van der Waals surface area contributed by atoms with Crippen LogP contribution in [0.4, 0.5) is 0 Å². The Kier molecular flexibility index (Phi) is 8.98. The Balaban J connectivity index is 1.80. The van der Waals surface area contributed by atoms with Gasteiger partial charge >= 0.3 is 0 Å². The highest BCUT2D eigenvalue weighted by atomic mass is 16.1. The summed E-state index contributed by atoms with van der Waals surface area (Å²) in [5, 5.41) is 6.58. The van der Waals surface area contributed by atoms with E-state index in [4.69, 9.17) is 0 Å². The number of benzene rings is 1. The van der Waals surface area contributed by atoms with Crippen molar-refractivity contribution < 1.29 is 4.79 Å². The fraction of sp³-hybridized carbons (Fsp3) is 0.667. The van der Waals surface area contributed by atoms with E-state index in [0.717, 1.165) is 51.5 Å². The van der Waals surface area contributed by atoms with E-state index >= 15 is 0 Å². The van der Waals surface area contributed by atoms with Crippen molar-refractivity contribution in [1.82, 2.24) is 15.5 Å². The number of amides is 1. The molecule has 1 aliphatic rings. The summed E-state index contributed by atoms with van der Waals surface area (Å²) in [4.78, 5) is 14.7. The van der Waals surface area contributed by atoms with Crippen molar-refractivity contribution in [2.24, 2.45) is 5.92 Å². The van der Waals surface area contributed by atoms with E-state index in [1.54, 1.807) is 0 Å². The van der Waals surface area contributed by atoms with Crippen molar-refractivity contribution in [3.05, 3.63) is 35.9 Å². The summed E-state index contributed by atoms with van der Waals surface area (Å²) in [5.41, 5.74) is 1.34. The van der Waals surface area contributed by atoms with Crippen LogP contribution in [0.2, 0.25) is 0 Å². The maximum atomic E-state index is 12.3. The fourth-order valence-corrected chi connectivity index (χ4v) is 3.78. The molecule has 0 aliphatic carbocycles. The van der Waals surface area contributed by atoms with E-state index in [0.29, 0.717) is 12.5 Å². The van der Waals surface area contributed by atoms with Gasteiger partial charge < -0.3 is 10.6 Å². The van der Waals surface area contributed by atoms with Gasteiger partial charge in [-0.15, -0.1) is 0 Å². The van der Waals surface area contributed by atoms with Crippen molar-refractivity contribution in [3.63, 3.8) is 0 Å². The van der Waals surface area contributed by atoms with Crippen molar-refractivity contribution in [2.75, 3.05) is 32.7 Å². The summed E-state index contributed by atoms with van der Waals surface area (Å²) in [6.45, 7) is 9.36. The summed E-state index contributed by atoms with van der Waals surface area (Å²) in [5.74, 6) is 0.929. The highest BCUT2D eigenvalue weighted by Gasteiger charge is 2.18. The summed E-state index contributed by atoms with van der Waals surface area (Å²) >= 11 is 0. The van der Waals surface area contributed by atoms with Gasteiger partial charge in [0, 0.05) is 19.0 Å².